The molecule has 0 amide bonds. The predicted octanol–water partition coefficient (Wildman–Crippen LogP) is 18.9. The van der Waals surface area contributed by atoms with Crippen molar-refractivity contribution in [3.05, 3.63) is 268 Å². The van der Waals surface area contributed by atoms with Gasteiger partial charge in [-0.3, -0.25) is 0 Å². The average Bonchev–Trinajstić information content (AvgIpc) is 1.48. The number of fused-ring (bicyclic) bond motifs is 4. The van der Waals surface area contributed by atoms with Crippen molar-refractivity contribution in [3.63, 3.8) is 0 Å². The van der Waals surface area contributed by atoms with Gasteiger partial charge < -0.3 is 0 Å². The number of imidazole rings is 1. The zero-order valence-electron chi connectivity index (χ0n) is 60.3. The van der Waals surface area contributed by atoms with Gasteiger partial charge in [0, 0.05) is 9.63 Å². The average molecular weight is 1290 g/mol. The molecule has 1 aliphatic heterocycles. The zero-order valence-corrected chi connectivity index (χ0v) is 49.6. The molecule has 10 aromatic carbocycles. The molecule has 0 bridgehead atoms. The van der Waals surface area contributed by atoms with E-state index < -0.39 is 45.2 Å². The van der Waals surface area contributed by atoms with E-state index in [1.807, 2.05) is 147 Å². The second kappa shape index (κ2) is 21.6. The maximum absolute atomic E-state index is 10.6. The van der Waals surface area contributed by atoms with E-state index in [4.69, 9.17) is 17.9 Å². The van der Waals surface area contributed by atoms with Crippen LogP contribution >= 0.6 is 0 Å². The molecule has 0 aliphatic carbocycles. The van der Waals surface area contributed by atoms with Gasteiger partial charge in [-0.1, -0.05) is 42.5 Å². The van der Waals surface area contributed by atoms with Crippen molar-refractivity contribution >= 4 is 56.8 Å². The summed E-state index contributed by atoms with van der Waals surface area (Å²) in [6.45, 7) is 1.36. The maximum atomic E-state index is 10.6. The molecule has 1 aliphatic rings. The third-order valence-corrected chi connectivity index (χ3v) is 16.7. The van der Waals surface area contributed by atoms with Crippen molar-refractivity contribution in [2.24, 2.45) is 5.92 Å². The summed E-state index contributed by atoms with van der Waals surface area (Å²) >= 11 is 2.23. The SMILES string of the molecule is [2H]c1c(-c2cccc(C([2H])([2H])[2H])c2)c(-n2[c](=[Pt])n(-c3[c-]c(Oc4nc(N5B(c6ccccc6)n6c7cc(C([2H])([2H])[2H])ccc7c7cc[c-]c5c76)cc(C([2H])([2H])[2H])c4-c4ccccc4)ccc3)c3ccccc32)c(-c2cc(-c3ccccc3)cc(C(C)(C)C)c2)c([2H])c1C([2H])([2H])C(C)C. The summed E-state index contributed by atoms with van der Waals surface area (Å²) in [5, 5.41) is 1.68. The number of hydrogen-bond donors (Lipinski definition) is 0. The van der Waals surface area contributed by atoms with Crippen LogP contribution in [0.2, 0.25) is 0 Å². The molecule has 14 rings (SSSR count). The van der Waals surface area contributed by atoms with Crippen LogP contribution in [0.25, 0.3) is 88.7 Å². The van der Waals surface area contributed by atoms with E-state index in [1.54, 1.807) is 80.6 Å². The minimum absolute atomic E-state index is 0.0171. The molecule has 4 heterocycles. The van der Waals surface area contributed by atoms with Gasteiger partial charge in [-0.25, -0.2) is 0 Å². The number of para-hydroxylation sites is 2. The standard InChI is InChI=1S/C77H64BN5O.Pt/c1-50(2)39-54-43-66(57-28-20-23-51(3)40-57)74(67(44-54)59-45-58(55-24-12-9-13-25-55)46-60(47-59)77(6,7)8)81-49-80(68-34-18-19-35-69(68)81)62-31-21-32-63(48-62)84-76-73(56-26-14-10-15-27-56)53(5)42-72(79-76)82-70-36-22-33-65-64-38-37-52(4)41-71(64)83(75(65)70)78(82)61-29-16-11-17-30-61;/h9-35,37-38,40-47,50H,39H2,1-8H3;/q-2;/i3D3,4D3,5D3,39D2,43D,44D;. The first kappa shape index (κ1) is 41.1. The summed E-state index contributed by atoms with van der Waals surface area (Å²) in [5.74, 6) is -0.381. The molecule has 85 heavy (non-hydrogen) atoms. The Labute approximate surface area is 528 Å². The van der Waals surface area contributed by atoms with Crippen molar-refractivity contribution < 1.29 is 41.9 Å². The van der Waals surface area contributed by atoms with Gasteiger partial charge in [0.15, 0.2) is 0 Å². The fourth-order valence-corrected chi connectivity index (χ4v) is 13.0. The molecule has 0 unspecified atom stereocenters. The predicted molar refractivity (Wildman–Crippen MR) is 350 cm³/mol. The molecule has 0 N–H and O–H groups in total. The zero-order chi connectivity index (χ0) is 69.3. The molecular weight excluding hydrogens is 1220 g/mol. The molecular formula is C77H64BN5OPt-2. The Morgan fingerprint density at radius 2 is 1.31 bits per heavy atom. The Hall–Kier alpha value is -9.03. The van der Waals surface area contributed by atoms with Crippen molar-refractivity contribution in [3.8, 4) is 67.5 Å². The van der Waals surface area contributed by atoms with Gasteiger partial charge in [-0.05, 0) is 23.9 Å². The third-order valence-electron chi connectivity index (χ3n) is 15.7. The molecule has 6 nitrogen and oxygen atoms in total. The van der Waals surface area contributed by atoms with Crippen LogP contribution in [-0.2, 0) is 31.1 Å². The number of pyridine rings is 1. The fourth-order valence-electron chi connectivity index (χ4n) is 11.9. The second-order valence-electron chi connectivity index (χ2n) is 22.8. The molecule has 0 saturated heterocycles. The van der Waals surface area contributed by atoms with Gasteiger partial charge in [0.2, 0.25) is 0 Å². The van der Waals surface area contributed by atoms with Gasteiger partial charge in [0.05, 0.1) is 0 Å². The number of hydrogen-bond acceptors (Lipinski definition) is 3. The van der Waals surface area contributed by atoms with Crippen LogP contribution in [0.5, 0.6) is 11.6 Å². The molecule has 0 saturated carbocycles. The van der Waals surface area contributed by atoms with E-state index in [0.717, 1.165) is 38.4 Å². The first-order chi connectivity index (χ1) is 46.5. The Kier molecular flexibility index (Phi) is 10.4. The van der Waals surface area contributed by atoms with Crippen LogP contribution in [0.1, 0.15) is 80.3 Å². The minimum atomic E-state index is -2.74. The van der Waals surface area contributed by atoms with E-state index in [9.17, 15) is 9.60 Å². The van der Waals surface area contributed by atoms with Crippen LogP contribution in [0.3, 0.4) is 0 Å². The van der Waals surface area contributed by atoms with Crippen LogP contribution in [-0.4, -0.2) is 25.6 Å². The molecule has 0 radical (unpaired) electrons. The van der Waals surface area contributed by atoms with Gasteiger partial charge in [-0.2, -0.15) is 12.1 Å². The Morgan fingerprint density at radius 1 is 0.635 bits per heavy atom. The third kappa shape index (κ3) is 9.69. The van der Waals surface area contributed by atoms with E-state index in [-0.39, 0.29) is 62.9 Å². The van der Waals surface area contributed by atoms with E-state index in [1.165, 1.54) is 6.07 Å². The van der Waals surface area contributed by atoms with Crippen LogP contribution in [0.15, 0.2) is 224 Å². The van der Waals surface area contributed by atoms with Gasteiger partial charge >= 0.3 is 437 Å². The van der Waals surface area contributed by atoms with Gasteiger partial charge in [0.25, 0.3) is 0 Å². The summed E-state index contributed by atoms with van der Waals surface area (Å²) in [4.78, 5) is 7.31. The summed E-state index contributed by atoms with van der Waals surface area (Å²) < 4.78 is 133. The number of rotatable bonds is 12. The van der Waals surface area contributed by atoms with E-state index in [2.05, 4.69) is 62.8 Å². The summed E-state index contributed by atoms with van der Waals surface area (Å²) in [5.41, 5.74) is 9.31. The van der Waals surface area contributed by atoms with Crippen molar-refractivity contribution in [1.29, 1.82) is 0 Å². The van der Waals surface area contributed by atoms with E-state index >= 15 is 0 Å². The van der Waals surface area contributed by atoms with Gasteiger partial charge in [-0.15, -0.1) is 5.39 Å². The molecule has 418 valence electrons. The normalized spacial score (nSPS) is 15.3. The second-order valence-corrected chi connectivity index (χ2v) is 23.9. The number of ether oxygens (including phenoxy) is 1. The Balaban J connectivity index is 1.02. The van der Waals surface area contributed by atoms with Crippen LogP contribution < -0.4 is 15.0 Å². The first-order valence-electron chi connectivity index (χ1n) is 34.8. The quantitative estimate of drug-likeness (QED) is 0.0904. The summed E-state index contributed by atoms with van der Waals surface area (Å²) in [6.07, 6.45) is -2.24. The van der Waals surface area contributed by atoms with E-state index in [0.29, 0.717) is 59.7 Å². The number of aromatic nitrogens is 4. The van der Waals surface area contributed by atoms with Gasteiger partial charge in [0.1, 0.15) is 0 Å². The number of benzene rings is 10. The number of nitrogens with zero attached hydrogens (tertiary/aromatic N) is 5. The molecule has 0 fully saturated rings. The van der Waals surface area contributed by atoms with Crippen molar-refractivity contribution in [2.45, 2.75) is 67.0 Å². The van der Waals surface area contributed by atoms with Crippen LogP contribution in [0.4, 0.5) is 11.5 Å². The van der Waals surface area contributed by atoms with Crippen molar-refractivity contribution in [1.82, 2.24) is 18.6 Å². The molecule has 0 atom stereocenters. The topological polar surface area (TPSA) is 40.1 Å². The molecule has 3 aromatic heterocycles. The first-order valence-corrected chi connectivity index (χ1v) is 29.5. The number of aryl methyl sites for hydroxylation is 3. The Bertz CT molecular complexity index is 5390. The van der Waals surface area contributed by atoms with Crippen molar-refractivity contribution in [2.75, 3.05) is 4.81 Å². The molecule has 0 spiro atoms. The summed E-state index contributed by atoms with van der Waals surface area (Å²) in [7, 11) is 0. The monoisotopic (exact) mass is 1290 g/mol. The van der Waals surface area contributed by atoms with Crippen LogP contribution in [0, 0.1) is 42.4 Å². The molecule has 13 aromatic rings. The summed E-state index contributed by atoms with van der Waals surface area (Å²) in [6, 6.07) is 71.4. The Morgan fingerprint density at radius 3 is 2.04 bits per heavy atom. The fraction of sp³-hybridized carbons (Fsp3) is 0.143. The number of anilines is 2. The molecule has 8 heteroatoms.